The van der Waals surface area contributed by atoms with Crippen molar-refractivity contribution in [2.24, 2.45) is 0 Å². The van der Waals surface area contributed by atoms with E-state index in [1.807, 2.05) is 0 Å². The van der Waals surface area contributed by atoms with Crippen molar-refractivity contribution < 1.29 is 0 Å². The summed E-state index contributed by atoms with van der Waals surface area (Å²) >= 11 is 0. The first-order chi connectivity index (χ1) is 7.20. The number of nitrogens with zero attached hydrogens (tertiary/aromatic N) is 1. The van der Waals surface area contributed by atoms with Gasteiger partial charge in [-0.05, 0) is 37.0 Å². The van der Waals surface area contributed by atoms with Crippen LogP contribution in [0.1, 0.15) is 43.9 Å². The highest BCUT2D eigenvalue weighted by Crippen LogP contribution is 2.25. The molecular formula is C14H21N. The first-order valence-corrected chi connectivity index (χ1v) is 6.05. The molecule has 0 bridgehead atoms. The normalized spacial score (nSPS) is 16.0. The molecule has 0 atom stereocenters. The Morgan fingerprint density at radius 3 is 2.60 bits per heavy atom. The molecule has 1 aliphatic rings. The smallest absolute Gasteiger partial charge is 0.0243 e. The predicted molar refractivity (Wildman–Crippen MR) is 64.8 cm³/mol. The molecule has 15 heavy (non-hydrogen) atoms. The van der Waals surface area contributed by atoms with Gasteiger partial charge >= 0.3 is 0 Å². The van der Waals surface area contributed by atoms with Gasteiger partial charge in [-0.15, -0.1) is 0 Å². The van der Waals surface area contributed by atoms with E-state index in [9.17, 15) is 0 Å². The molecule has 0 aliphatic carbocycles. The number of rotatable bonds is 3. The van der Waals surface area contributed by atoms with E-state index in [2.05, 4.69) is 43.9 Å². The van der Waals surface area contributed by atoms with Crippen LogP contribution in [-0.2, 0) is 19.5 Å². The van der Waals surface area contributed by atoms with Crippen molar-refractivity contribution in [3.8, 4) is 0 Å². The lowest BCUT2D eigenvalue weighted by atomic mass is 10.0. The van der Waals surface area contributed by atoms with Crippen LogP contribution in [0.2, 0.25) is 0 Å². The zero-order valence-corrected chi connectivity index (χ0v) is 10.1. The molecule has 1 nitrogen and oxygen atoms in total. The highest BCUT2D eigenvalue weighted by molar-refractivity contribution is 5.34. The number of hydrogen-bond donors (Lipinski definition) is 0. The summed E-state index contributed by atoms with van der Waals surface area (Å²) < 4.78 is 0. The molecule has 1 aromatic carbocycles. The summed E-state index contributed by atoms with van der Waals surface area (Å²) in [6, 6.07) is 7.68. The van der Waals surface area contributed by atoms with E-state index in [4.69, 9.17) is 0 Å². The third-order valence-electron chi connectivity index (χ3n) is 3.29. The van der Waals surface area contributed by atoms with Crippen LogP contribution in [-0.4, -0.2) is 10.9 Å². The average Bonchev–Trinajstić information content (AvgIpc) is 2.61. The Balaban J connectivity index is 2.16. The highest BCUT2D eigenvalue weighted by Gasteiger charge is 2.20. The maximum absolute atomic E-state index is 2.53. The first kappa shape index (κ1) is 10.7. The zero-order chi connectivity index (χ0) is 10.8. The number of hydrogen-bond acceptors (Lipinski definition) is 1. The second-order valence-electron chi connectivity index (χ2n) is 4.85. The molecule has 0 aromatic heterocycles. The lowest BCUT2D eigenvalue weighted by Crippen LogP contribution is -2.24. The quantitative estimate of drug-likeness (QED) is 0.728. The molecule has 0 N–H and O–H groups in total. The fourth-order valence-electron chi connectivity index (χ4n) is 2.28. The van der Waals surface area contributed by atoms with Gasteiger partial charge in [0.15, 0.2) is 0 Å². The van der Waals surface area contributed by atoms with E-state index in [1.54, 1.807) is 5.56 Å². The van der Waals surface area contributed by atoms with Crippen molar-refractivity contribution in [2.75, 3.05) is 0 Å². The van der Waals surface area contributed by atoms with Gasteiger partial charge in [0, 0.05) is 19.1 Å². The minimum Gasteiger partial charge on any atom is -0.292 e. The summed E-state index contributed by atoms with van der Waals surface area (Å²) in [5.74, 6) is 0. The van der Waals surface area contributed by atoms with Gasteiger partial charge in [-0.3, -0.25) is 4.90 Å². The summed E-state index contributed by atoms with van der Waals surface area (Å²) in [4.78, 5) is 2.53. The second-order valence-corrected chi connectivity index (χ2v) is 4.85. The zero-order valence-electron chi connectivity index (χ0n) is 10.1. The summed E-state index contributed by atoms with van der Waals surface area (Å²) in [7, 11) is 0. The third kappa shape index (κ3) is 2.23. The molecule has 0 fully saturated rings. The molecule has 1 aliphatic heterocycles. The van der Waals surface area contributed by atoms with Crippen molar-refractivity contribution >= 4 is 0 Å². The van der Waals surface area contributed by atoms with E-state index < -0.39 is 0 Å². The molecule has 1 heteroatoms. The van der Waals surface area contributed by atoms with Crippen LogP contribution in [0.25, 0.3) is 0 Å². The predicted octanol–water partition coefficient (Wildman–Crippen LogP) is 3.36. The van der Waals surface area contributed by atoms with Gasteiger partial charge < -0.3 is 0 Å². The van der Waals surface area contributed by atoms with Gasteiger partial charge in [0.2, 0.25) is 0 Å². The van der Waals surface area contributed by atoms with E-state index in [-0.39, 0.29) is 0 Å². The molecule has 1 heterocycles. The fraction of sp³-hybridized carbons (Fsp3) is 0.571. The summed E-state index contributed by atoms with van der Waals surface area (Å²) in [6.07, 6.45) is 2.46. The Labute approximate surface area is 93.1 Å². The standard InChI is InChI=1S/C14H21N/c1-4-5-12-6-7-13-9-15(11(2)3)10-14(13)8-12/h6-8,11H,4-5,9-10H2,1-3H3. The Bertz CT molecular complexity index is 341. The van der Waals surface area contributed by atoms with Gasteiger partial charge in [0.05, 0.1) is 0 Å². The van der Waals surface area contributed by atoms with E-state index in [0.717, 1.165) is 13.1 Å². The monoisotopic (exact) mass is 203 g/mol. The topological polar surface area (TPSA) is 3.24 Å². The van der Waals surface area contributed by atoms with E-state index in [1.165, 1.54) is 24.0 Å². The first-order valence-electron chi connectivity index (χ1n) is 6.05. The maximum Gasteiger partial charge on any atom is 0.0243 e. The van der Waals surface area contributed by atoms with Crippen LogP contribution in [0.5, 0.6) is 0 Å². The molecule has 0 saturated heterocycles. The number of fused-ring (bicyclic) bond motifs is 1. The molecule has 1 aromatic rings. The van der Waals surface area contributed by atoms with Crippen molar-refractivity contribution in [1.29, 1.82) is 0 Å². The maximum atomic E-state index is 2.53. The molecule has 0 spiro atoms. The van der Waals surface area contributed by atoms with Crippen molar-refractivity contribution in [1.82, 2.24) is 4.90 Å². The van der Waals surface area contributed by atoms with Crippen molar-refractivity contribution in [3.63, 3.8) is 0 Å². The van der Waals surface area contributed by atoms with Crippen LogP contribution in [0.3, 0.4) is 0 Å². The van der Waals surface area contributed by atoms with E-state index in [0.29, 0.717) is 6.04 Å². The SMILES string of the molecule is CCCc1ccc2c(c1)CN(C(C)C)C2. The lowest BCUT2D eigenvalue weighted by Gasteiger charge is -2.18. The summed E-state index contributed by atoms with van der Waals surface area (Å²) in [5.41, 5.74) is 4.58. The van der Waals surface area contributed by atoms with Crippen LogP contribution in [0.15, 0.2) is 18.2 Å². The molecular weight excluding hydrogens is 182 g/mol. The number of aryl methyl sites for hydroxylation is 1. The fourth-order valence-corrected chi connectivity index (χ4v) is 2.28. The molecule has 0 amide bonds. The van der Waals surface area contributed by atoms with Crippen LogP contribution in [0, 0.1) is 0 Å². The Kier molecular flexibility index (Phi) is 3.11. The summed E-state index contributed by atoms with van der Waals surface area (Å²) in [6.45, 7) is 9.08. The van der Waals surface area contributed by atoms with E-state index >= 15 is 0 Å². The van der Waals surface area contributed by atoms with Gasteiger partial charge in [-0.1, -0.05) is 31.5 Å². The molecule has 0 saturated carbocycles. The second kappa shape index (κ2) is 4.36. The Morgan fingerprint density at radius 1 is 1.20 bits per heavy atom. The largest absolute Gasteiger partial charge is 0.292 e. The molecule has 2 rings (SSSR count). The Hall–Kier alpha value is -0.820. The molecule has 0 unspecified atom stereocenters. The highest BCUT2D eigenvalue weighted by atomic mass is 15.2. The van der Waals surface area contributed by atoms with Gasteiger partial charge in [0.1, 0.15) is 0 Å². The van der Waals surface area contributed by atoms with Gasteiger partial charge in [-0.25, -0.2) is 0 Å². The lowest BCUT2D eigenvalue weighted by molar-refractivity contribution is 0.227. The van der Waals surface area contributed by atoms with Crippen molar-refractivity contribution in [2.45, 2.75) is 52.7 Å². The minimum atomic E-state index is 0.659. The van der Waals surface area contributed by atoms with Crippen LogP contribution in [0.4, 0.5) is 0 Å². The molecule has 82 valence electrons. The van der Waals surface area contributed by atoms with Gasteiger partial charge in [-0.2, -0.15) is 0 Å². The number of benzene rings is 1. The van der Waals surface area contributed by atoms with Gasteiger partial charge in [0.25, 0.3) is 0 Å². The average molecular weight is 203 g/mol. The van der Waals surface area contributed by atoms with Crippen molar-refractivity contribution in [3.05, 3.63) is 34.9 Å². The minimum absolute atomic E-state index is 0.659. The van der Waals surface area contributed by atoms with Crippen LogP contribution >= 0.6 is 0 Å². The van der Waals surface area contributed by atoms with Crippen LogP contribution < -0.4 is 0 Å². The third-order valence-corrected chi connectivity index (χ3v) is 3.29. The molecule has 0 radical (unpaired) electrons. The summed E-state index contributed by atoms with van der Waals surface area (Å²) in [5, 5.41) is 0. The Morgan fingerprint density at radius 2 is 1.93 bits per heavy atom.